The van der Waals surface area contributed by atoms with Crippen LogP contribution >= 0.6 is 0 Å². The Morgan fingerprint density at radius 3 is 2.85 bits per heavy atom. The van der Waals surface area contributed by atoms with Crippen LogP contribution in [0.4, 0.5) is 0 Å². The molecule has 0 spiro atoms. The number of aldehydes is 1. The Balaban J connectivity index is 3.01. The van der Waals surface area contributed by atoms with E-state index in [9.17, 15) is 4.79 Å². The zero-order valence-corrected chi connectivity index (χ0v) is 8.19. The van der Waals surface area contributed by atoms with Crippen LogP contribution in [-0.4, -0.2) is 15.8 Å². The number of carbonyl (C=O) groups excluding carboxylic acids is 1. The van der Waals surface area contributed by atoms with Gasteiger partial charge >= 0.3 is 0 Å². The van der Waals surface area contributed by atoms with Gasteiger partial charge in [0.15, 0.2) is 0 Å². The van der Waals surface area contributed by atoms with Crippen LogP contribution in [0.25, 0.3) is 6.08 Å². The Hall–Kier alpha value is -1.38. The summed E-state index contributed by atoms with van der Waals surface area (Å²) in [6.07, 6.45) is 6.21. The van der Waals surface area contributed by atoms with Gasteiger partial charge in [0.2, 0.25) is 0 Å². The lowest BCUT2D eigenvalue weighted by molar-refractivity contribution is -0.104. The minimum Gasteiger partial charge on any atom is -0.329 e. The predicted octanol–water partition coefficient (Wildman–Crippen LogP) is 2.07. The van der Waals surface area contributed by atoms with Crippen molar-refractivity contribution in [2.75, 3.05) is 0 Å². The van der Waals surface area contributed by atoms with Gasteiger partial charge in [-0.05, 0) is 32.4 Å². The molecule has 0 unspecified atom stereocenters. The average Bonchev–Trinajstić information content (AvgIpc) is 2.52. The molecule has 3 heteroatoms. The molecule has 0 amide bonds. The average molecular weight is 178 g/mol. The van der Waals surface area contributed by atoms with E-state index < -0.39 is 0 Å². The summed E-state index contributed by atoms with van der Waals surface area (Å²) in [6, 6.07) is 0.369. The number of aromatic nitrogens is 2. The molecule has 1 aromatic heterocycles. The minimum atomic E-state index is 0.369. The summed E-state index contributed by atoms with van der Waals surface area (Å²) in [5.41, 5.74) is 1.68. The molecular weight excluding hydrogens is 164 g/mol. The second-order valence-electron chi connectivity index (χ2n) is 3.33. The van der Waals surface area contributed by atoms with Crippen LogP contribution < -0.4 is 0 Å². The molecular formula is C10H14N2O. The summed E-state index contributed by atoms with van der Waals surface area (Å²) in [5.74, 6) is 0. The molecule has 0 saturated heterocycles. The maximum atomic E-state index is 10.4. The van der Waals surface area contributed by atoms with E-state index in [2.05, 4.69) is 18.8 Å². The first-order chi connectivity index (χ1) is 6.15. The van der Waals surface area contributed by atoms with E-state index in [1.807, 2.05) is 10.6 Å². The first-order valence-electron chi connectivity index (χ1n) is 4.30. The third-order valence-corrected chi connectivity index (χ3v) is 1.81. The van der Waals surface area contributed by atoms with Gasteiger partial charge in [0.25, 0.3) is 0 Å². The highest BCUT2D eigenvalue weighted by molar-refractivity contribution is 5.80. The quantitative estimate of drug-likeness (QED) is 0.524. The summed E-state index contributed by atoms with van der Waals surface area (Å²) < 4.78 is 2.02. The molecule has 0 aliphatic heterocycles. The van der Waals surface area contributed by atoms with E-state index in [-0.39, 0.29) is 0 Å². The second-order valence-corrected chi connectivity index (χ2v) is 3.33. The third kappa shape index (κ3) is 2.28. The lowest BCUT2D eigenvalue weighted by Gasteiger charge is -2.08. The van der Waals surface area contributed by atoms with Gasteiger partial charge in [-0.3, -0.25) is 4.79 Å². The van der Waals surface area contributed by atoms with Crippen LogP contribution in [0.2, 0.25) is 0 Å². The largest absolute Gasteiger partial charge is 0.329 e. The Morgan fingerprint density at radius 1 is 1.62 bits per heavy atom. The van der Waals surface area contributed by atoms with E-state index >= 15 is 0 Å². The summed E-state index contributed by atoms with van der Waals surface area (Å²) >= 11 is 0. The van der Waals surface area contributed by atoms with Crippen molar-refractivity contribution >= 4 is 12.4 Å². The number of hydrogen-bond acceptors (Lipinski definition) is 2. The first-order valence-corrected chi connectivity index (χ1v) is 4.30. The Morgan fingerprint density at radius 2 is 2.31 bits per heavy atom. The van der Waals surface area contributed by atoms with Crippen LogP contribution in [0.3, 0.4) is 0 Å². The van der Waals surface area contributed by atoms with Crippen molar-refractivity contribution in [3.63, 3.8) is 0 Å². The van der Waals surface area contributed by atoms with Gasteiger partial charge in [0.05, 0.1) is 18.2 Å². The molecule has 0 fully saturated rings. The molecule has 1 aromatic rings. The fourth-order valence-electron chi connectivity index (χ4n) is 1.13. The zero-order chi connectivity index (χ0) is 9.84. The van der Waals surface area contributed by atoms with Gasteiger partial charge in [-0.15, -0.1) is 0 Å². The van der Waals surface area contributed by atoms with Crippen LogP contribution in [0.15, 0.2) is 18.1 Å². The van der Waals surface area contributed by atoms with Gasteiger partial charge in [-0.1, -0.05) is 0 Å². The fourth-order valence-corrected chi connectivity index (χ4v) is 1.13. The number of rotatable bonds is 3. The summed E-state index contributed by atoms with van der Waals surface area (Å²) in [7, 11) is 0. The molecule has 0 saturated carbocycles. The van der Waals surface area contributed by atoms with Gasteiger partial charge in [-0.25, -0.2) is 4.98 Å². The van der Waals surface area contributed by atoms with Crippen molar-refractivity contribution in [3.05, 3.63) is 23.8 Å². The van der Waals surface area contributed by atoms with Crippen molar-refractivity contribution in [1.82, 2.24) is 9.55 Å². The van der Waals surface area contributed by atoms with Gasteiger partial charge in [0, 0.05) is 6.04 Å². The molecule has 1 rings (SSSR count). The minimum absolute atomic E-state index is 0.369. The van der Waals surface area contributed by atoms with E-state index in [1.54, 1.807) is 19.4 Å². The second kappa shape index (κ2) is 4.03. The van der Waals surface area contributed by atoms with Crippen LogP contribution in [0.5, 0.6) is 0 Å². The highest BCUT2D eigenvalue weighted by Crippen LogP contribution is 2.11. The highest BCUT2D eigenvalue weighted by atomic mass is 16.1. The molecule has 0 bridgehead atoms. The van der Waals surface area contributed by atoms with Gasteiger partial charge in [0.1, 0.15) is 6.29 Å². The Labute approximate surface area is 78.1 Å². The molecule has 0 aliphatic carbocycles. The van der Waals surface area contributed by atoms with E-state index in [1.165, 1.54) is 0 Å². The molecule has 1 heterocycles. The standard InChI is InChI=1S/C10H14N2O/c1-8(2)12-7-11-5-10(12)4-9(3)6-13/h4-8H,1-3H3. The van der Waals surface area contributed by atoms with Crippen molar-refractivity contribution in [1.29, 1.82) is 0 Å². The lowest BCUT2D eigenvalue weighted by Crippen LogP contribution is -2.00. The number of nitrogens with zero attached hydrogens (tertiary/aromatic N) is 2. The molecule has 0 atom stereocenters. The van der Waals surface area contributed by atoms with Gasteiger partial charge < -0.3 is 4.57 Å². The normalized spacial score (nSPS) is 12.2. The Bertz CT molecular complexity index is 323. The SMILES string of the molecule is CC(C=O)=Cc1cncn1C(C)C. The molecule has 0 N–H and O–H groups in total. The summed E-state index contributed by atoms with van der Waals surface area (Å²) in [4.78, 5) is 14.4. The van der Waals surface area contributed by atoms with Crippen molar-refractivity contribution in [3.8, 4) is 0 Å². The van der Waals surface area contributed by atoms with Crippen molar-refractivity contribution in [2.45, 2.75) is 26.8 Å². The van der Waals surface area contributed by atoms with E-state index in [0.717, 1.165) is 12.0 Å². The van der Waals surface area contributed by atoms with Crippen LogP contribution in [-0.2, 0) is 4.79 Å². The number of imidazole rings is 1. The molecule has 0 aliphatic rings. The molecule has 13 heavy (non-hydrogen) atoms. The maximum Gasteiger partial charge on any atom is 0.145 e. The van der Waals surface area contributed by atoms with Gasteiger partial charge in [-0.2, -0.15) is 0 Å². The molecule has 0 aromatic carbocycles. The van der Waals surface area contributed by atoms with Crippen molar-refractivity contribution < 1.29 is 4.79 Å². The van der Waals surface area contributed by atoms with Crippen molar-refractivity contribution in [2.24, 2.45) is 0 Å². The number of allylic oxidation sites excluding steroid dienone is 1. The first kappa shape index (κ1) is 9.71. The smallest absolute Gasteiger partial charge is 0.145 e. The Kier molecular flexibility index (Phi) is 3.01. The van der Waals surface area contributed by atoms with E-state index in [4.69, 9.17) is 0 Å². The fraction of sp³-hybridized carbons (Fsp3) is 0.400. The summed E-state index contributed by atoms with van der Waals surface area (Å²) in [5, 5.41) is 0. The predicted molar refractivity (Wildman–Crippen MR) is 52.3 cm³/mol. The van der Waals surface area contributed by atoms with E-state index in [0.29, 0.717) is 11.6 Å². The monoisotopic (exact) mass is 178 g/mol. The summed E-state index contributed by atoms with van der Waals surface area (Å²) in [6.45, 7) is 5.94. The maximum absolute atomic E-state index is 10.4. The van der Waals surface area contributed by atoms with Crippen LogP contribution in [0, 0.1) is 0 Å². The lowest BCUT2D eigenvalue weighted by atomic mass is 10.2. The third-order valence-electron chi connectivity index (χ3n) is 1.81. The highest BCUT2D eigenvalue weighted by Gasteiger charge is 2.02. The number of carbonyl (C=O) groups is 1. The molecule has 0 radical (unpaired) electrons. The molecule has 3 nitrogen and oxygen atoms in total. The molecule has 70 valence electrons. The van der Waals surface area contributed by atoms with Crippen LogP contribution in [0.1, 0.15) is 32.5 Å². The topological polar surface area (TPSA) is 34.9 Å². The number of hydrogen-bond donors (Lipinski definition) is 0. The zero-order valence-electron chi connectivity index (χ0n) is 8.19.